The first-order valence-electron chi connectivity index (χ1n) is 4.51. The lowest BCUT2D eigenvalue weighted by atomic mass is 10.4. The Morgan fingerprint density at radius 1 is 1.50 bits per heavy atom. The Bertz CT molecular complexity index is 479. The van der Waals surface area contributed by atoms with E-state index >= 15 is 0 Å². The molecule has 6 nitrogen and oxygen atoms in total. The fourth-order valence-electron chi connectivity index (χ4n) is 1.17. The summed E-state index contributed by atoms with van der Waals surface area (Å²) in [6.07, 6.45) is 3.69. The van der Waals surface area contributed by atoms with Gasteiger partial charge in [-0.3, -0.25) is 4.79 Å². The summed E-state index contributed by atoms with van der Waals surface area (Å²) in [4.78, 5) is 14.6. The van der Waals surface area contributed by atoms with Gasteiger partial charge in [0.25, 0.3) is 6.47 Å². The highest BCUT2D eigenvalue weighted by Crippen LogP contribution is 2.16. The van der Waals surface area contributed by atoms with Gasteiger partial charge in [-0.2, -0.15) is 0 Å². The van der Waals surface area contributed by atoms with Gasteiger partial charge in [0.1, 0.15) is 17.2 Å². The third-order valence-electron chi connectivity index (χ3n) is 1.89. The molecule has 0 unspecified atom stereocenters. The molecule has 2 heterocycles. The van der Waals surface area contributed by atoms with Crippen molar-refractivity contribution in [3.63, 3.8) is 0 Å². The second-order valence-electron chi connectivity index (χ2n) is 3.25. The van der Waals surface area contributed by atoms with E-state index in [2.05, 4.69) is 4.98 Å². The minimum absolute atomic E-state index is 0.239. The van der Waals surface area contributed by atoms with Gasteiger partial charge in [-0.25, -0.2) is 4.98 Å². The summed E-state index contributed by atoms with van der Waals surface area (Å²) >= 11 is 0. The number of anilines is 1. The average molecular weight is 223 g/mol. The summed E-state index contributed by atoms with van der Waals surface area (Å²) in [7, 11) is 3.86. The van der Waals surface area contributed by atoms with Crippen LogP contribution in [0.1, 0.15) is 0 Å². The number of hydrogen-bond acceptors (Lipinski definition) is 4. The molecule has 16 heavy (non-hydrogen) atoms. The number of aromatic nitrogens is 2. The fourth-order valence-corrected chi connectivity index (χ4v) is 1.17. The van der Waals surface area contributed by atoms with E-state index in [9.17, 15) is 5.11 Å². The van der Waals surface area contributed by atoms with Crippen molar-refractivity contribution in [3.8, 4) is 5.75 Å². The SMILES string of the molecule is CN(C)c1cn2ccc(O)cc2n1.O=CO. The van der Waals surface area contributed by atoms with Crippen molar-refractivity contribution >= 4 is 17.9 Å². The minimum atomic E-state index is -0.250. The molecule has 0 bridgehead atoms. The number of hydrogen-bond donors (Lipinski definition) is 2. The predicted molar refractivity (Wildman–Crippen MR) is 59.9 cm³/mol. The van der Waals surface area contributed by atoms with E-state index in [-0.39, 0.29) is 12.2 Å². The van der Waals surface area contributed by atoms with Crippen molar-refractivity contribution in [1.29, 1.82) is 0 Å². The van der Waals surface area contributed by atoms with Crippen LogP contribution in [0.2, 0.25) is 0 Å². The summed E-state index contributed by atoms with van der Waals surface area (Å²) in [5.74, 6) is 1.12. The third-order valence-corrected chi connectivity index (χ3v) is 1.89. The van der Waals surface area contributed by atoms with Gasteiger partial charge in [0.2, 0.25) is 0 Å². The zero-order chi connectivity index (χ0) is 12.1. The number of nitrogens with zero attached hydrogens (tertiary/aromatic N) is 3. The van der Waals surface area contributed by atoms with E-state index < -0.39 is 0 Å². The summed E-state index contributed by atoms with van der Waals surface area (Å²) in [6.45, 7) is -0.250. The predicted octanol–water partition coefficient (Wildman–Crippen LogP) is 0.807. The van der Waals surface area contributed by atoms with Gasteiger partial charge in [0.05, 0.1) is 6.20 Å². The van der Waals surface area contributed by atoms with Crippen LogP contribution in [0.4, 0.5) is 5.82 Å². The lowest BCUT2D eigenvalue weighted by molar-refractivity contribution is -0.122. The Kier molecular flexibility index (Phi) is 3.71. The van der Waals surface area contributed by atoms with E-state index in [1.54, 1.807) is 18.3 Å². The van der Waals surface area contributed by atoms with E-state index in [4.69, 9.17) is 9.90 Å². The maximum atomic E-state index is 9.21. The van der Waals surface area contributed by atoms with Gasteiger partial charge in [0.15, 0.2) is 0 Å². The molecule has 0 saturated heterocycles. The highest BCUT2D eigenvalue weighted by atomic mass is 16.3. The molecule has 2 rings (SSSR count). The van der Waals surface area contributed by atoms with Crippen molar-refractivity contribution in [2.45, 2.75) is 0 Å². The average Bonchev–Trinajstić information content (AvgIpc) is 2.61. The van der Waals surface area contributed by atoms with Crippen molar-refractivity contribution < 1.29 is 15.0 Å². The van der Waals surface area contributed by atoms with E-state index in [1.165, 1.54) is 0 Å². The molecular weight excluding hydrogens is 210 g/mol. The molecule has 86 valence electrons. The van der Waals surface area contributed by atoms with Crippen LogP contribution in [0.3, 0.4) is 0 Å². The molecule has 0 spiro atoms. The second-order valence-corrected chi connectivity index (χ2v) is 3.25. The Morgan fingerprint density at radius 3 is 2.69 bits per heavy atom. The normalized spacial score (nSPS) is 9.38. The minimum Gasteiger partial charge on any atom is -0.508 e. The molecule has 0 saturated carbocycles. The van der Waals surface area contributed by atoms with Crippen molar-refractivity contribution in [2.75, 3.05) is 19.0 Å². The molecular formula is C10H13N3O3. The zero-order valence-corrected chi connectivity index (χ0v) is 9.03. The smallest absolute Gasteiger partial charge is 0.290 e. The van der Waals surface area contributed by atoms with Gasteiger partial charge in [0, 0.05) is 26.4 Å². The number of aromatic hydroxyl groups is 1. The molecule has 0 aromatic carbocycles. The molecule has 0 radical (unpaired) electrons. The zero-order valence-electron chi connectivity index (χ0n) is 9.03. The maximum absolute atomic E-state index is 9.21. The van der Waals surface area contributed by atoms with Crippen LogP contribution in [0, 0.1) is 0 Å². The number of imidazole rings is 1. The highest BCUT2D eigenvalue weighted by Gasteiger charge is 2.02. The highest BCUT2D eigenvalue weighted by molar-refractivity contribution is 5.52. The lowest BCUT2D eigenvalue weighted by Gasteiger charge is -2.05. The Morgan fingerprint density at radius 2 is 2.12 bits per heavy atom. The summed E-state index contributed by atoms with van der Waals surface area (Å²) in [6, 6.07) is 3.26. The van der Waals surface area contributed by atoms with Crippen LogP contribution in [-0.4, -0.2) is 40.2 Å². The molecule has 0 aliphatic rings. The summed E-state index contributed by atoms with van der Waals surface area (Å²) < 4.78 is 1.87. The van der Waals surface area contributed by atoms with Crippen molar-refractivity contribution in [1.82, 2.24) is 9.38 Å². The maximum Gasteiger partial charge on any atom is 0.290 e. The van der Waals surface area contributed by atoms with E-state index in [0.29, 0.717) is 0 Å². The number of rotatable bonds is 1. The molecule has 2 aromatic rings. The Balaban J connectivity index is 0.000000386. The largest absolute Gasteiger partial charge is 0.508 e. The molecule has 0 aliphatic carbocycles. The molecule has 2 aromatic heterocycles. The quantitative estimate of drug-likeness (QED) is 0.699. The molecule has 6 heteroatoms. The number of fused-ring (bicyclic) bond motifs is 1. The van der Waals surface area contributed by atoms with Gasteiger partial charge < -0.3 is 19.5 Å². The second kappa shape index (κ2) is 5.01. The molecule has 2 N–H and O–H groups in total. The first-order valence-corrected chi connectivity index (χ1v) is 4.51. The number of carboxylic acid groups (broad SMARTS) is 1. The first-order chi connectivity index (χ1) is 7.58. The third kappa shape index (κ3) is 2.63. The van der Waals surface area contributed by atoms with Crippen molar-refractivity contribution in [2.24, 2.45) is 0 Å². The number of carbonyl (C=O) groups is 1. The van der Waals surface area contributed by atoms with Crippen LogP contribution >= 0.6 is 0 Å². The molecule has 0 atom stereocenters. The van der Waals surface area contributed by atoms with Crippen molar-refractivity contribution in [3.05, 3.63) is 24.5 Å². The van der Waals surface area contributed by atoms with Crippen LogP contribution in [-0.2, 0) is 4.79 Å². The topological polar surface area (TPSA) is 78.1 Å². The van der Waals surface area contributed by atoms with Gasteiger partial charge in [-0.15, -0.1) is 0 Å². The van der Waals surface area contributed by atoms with Crippen LogP contribution < -0.4 is 4.90 Å². The van der Waals surface area contributed by atoms with E-state index in [0.717, 1.165) is 11.5 Å². The lowest BCUT2D eigenvalue weighted by Crippen LogP contribution is -2.08. The van der Waals surface area contributed by atoms with Crippen LogP contribution in [0.5, 0.6) is 5.75 Å². The summed E-state index contributed by atoms with van der Waals surface area (Å²) in [5, 5.41) is 16.1. The van der Waals surface area contributed by atoms with Crippen LogP contribution in [0.25, 0.3) is 5.65 Å². The Labute approximate surface area is 92.4 Å². The Hall–Kier alpha value is -2.24. The molecule has 0 fully saturated rings. The first kappa shape index (κ1) is 11.8. The number of pyridine rings is 1. The van der Waals surface area contributed by atoms with Gasteiger partial charge in [-0.1, -0.05) is 0 Å². The molecule has 0 aliphatic heterocycles. The summed E-state index contributed by atoms with van der Waals surface area (Å²) in [5.41, 5.74) is 0.753. The monoisotopic (exact) mass is 223 g/mol. The fraction of sp³-hybridized carbons (Fsp3) is 0.200. The van der Waals surface area contributed by atoms with Gasteiger partial charge >= 0.3 is 0 Å². The standard InChI is InChI=1S/C9H11N3O.CH2O2/c1-11(2)9-6-12-4-3-7(13)5-8(12)10-9;2-1-3/h3-6,13H,1-2H3;1H,(H,2,3). The van der Waals surface area contributed by atoms with Gasteiger partial charge in [-0.05, 0) is 6.07 Å². The molecule has 0 amide bonds. The van der Waals surface area contributed by atoms with Crippen LogP contribution in [0.15, 0.2) is 24.5 Å². The van der Waals surface area contributed by atoms with E-state index in [1.807, 2.05) is 29.6 Å².